The largest absolute Gasteiger partial charge is 0.247 e. The standard InChI is InChI=1S/C14H14N2O2S2/c1-20(17,18)16-13(14-8-5-9-19-14)10-12(15-16)11-6-3-2-4-7-11/h2-9,13H,10H2,1H3/t13-/m1/s1. The second-order valence-corrected chi connectivity index (χ2v) is 7.50. The summed E-state index contributed by atoms with van der Waals surface area (Å²) < 4.78 is 25.1. The summed E-state index contributed by atoms with van der Waals surface area (Å²) in [6.45, 7) is 0. The van der Waals surface area contributed by atoms with Crippen LogP contribution in [-0.4, -0.2) is 24.8 Å². The fourth-order valence-electron chi connectivity index (χ4n) is 2.29. The van der Waals surface area contributed by atoms with Crippen molar-refractivity contribution >= 4 is 27.1 Å². The molecule has 3 rings (SSSR count). The van der Waals surface area contributed by atoms with E-state index in [-0.39, 0.29) is 6.04 Å². The molecule has 0 spiro atoms. The Bertz CT molecular complexity index is 722. The van der Waals surface area contributed by atoms with Crippen LogP contribution in [0.1, 0.15) is 22.9 Å². The molecule has 0 unspecified atom stereocenters. The molecule has 1 aliphatic heterocycles. The van der Waals surface area contributed by atoms with Crippen LogP contribution in [0.15, 0.2) is 52.9 Å². The zero-order chi connectivity index (χ0) is 14.2. The van der Waals surface area contributed by atoms with E-state index >= 15 is 0 Å². The van der Waals surface area contributed by atoms with Gasteiger partial charge >= 0.3 is 0 Å². The number of hydrogen-bond acceptors (Lipinski definition) is 4. The van der Waals surface area contributed by atoms with Crippen LogP contribution in [0.5, 0.6) is 0 Å². The molecule has 1 aliphatic rings. The Morgan fingerprint density at radius 2 is 1.95 bits per heavy atom. The number of benzene rings is 1. The smallest absolute Gasteiger partial charge is 0.205 e. The van der Waals surface area contributed by atoms with Crippen molar-refractivity contribution in [2.75, 3.05) is 6.26 Å². The van der Waals surface area contributed by atoms with Gasteiger partial charge < -0.3 is 0 Å². The van der Waals surface area contributed by atoms with Crippen LogP contribution >= 0.6 is 11.3 Å². The molecule has 0 bridgehead atoms. The monoisotopic (exact) mass is 306 g/mol. The third-order valence-corrected chi connectivity index (χ3v) is 5.18. The zero-order valence-electron chi connectivity index (χ0n) is 10.9. The summed E-state index contributed by atoms with van der Waals surface area (Å²) >= 11 is 1.56. The Morgan fingerprint density at radius 1 is 1.20 bits per heavy atom. The average molecular weight is 306 g/mol. The van der Waals surface area contributed by atoms with Gasteiger partial charge in [-0.15, -0.1) is 11.3 Å². The normalized spacial score (nSPS) is 19.1. The van der Waals surface area contributed by atoms with Gasteiger partial charge in [0, 0.05) is 11.3 Å². The molecule has 0 radical (unpaired) electrons. The Hall–Kier alpha value is -1.66. The maximum Gasteiger partial charge on any atom is 0.247 e. The molecule has 0 saturated heterocycles. The van der Waals surface area contributed by atoms with Gasteiger partial charge in [0.1, 0.15) is 6.04 Å². The van der Waals surface area contributed by atoms with E-state index in [1.165, 1.54) is 10.7 Å². The van der Waals surface area contributed by atoms with Crippen molar-refractivity contribution in [2.45, 2.75) is 12.5 Å². The number of sulfonamides is 1. The highest BCUT2D eigenvalue weighted by Crippen LogP contribution is 2.36. The van der Waals surface area contributed by atoms with Crippen molar-refractivity contribution in [3.63, 3.8) is 0 Å². The van der Waals surface area contributed by atoms with Gasteiger partial charge in [0.2, 0.25) is 10.0 Å². The highest BCUT2D eigenvalue weighted by Gasteiger charge is 2.34. The molecule has 104 valence electrons. The number of thiophene rings is 1. The van der Waals surface area contributed by atoms with Gasteiger partial charge in [-0.25, -0.2) is 8.42 Å². The Kier molecular flexibility index (Phi) is 3.35. The summed E-state index contributed by atoms with van der Waals surface area (Å²) in [4.78, 5) is 1.02. The van der Waals surface area contributed by atoms with Crippen LogP contribution in [0.3, 0.4) is 0 Å². The molecule has 6 heteroatoms. The SMILES string of the molecule is CS(=O)(=O)N1N=C(c2ccccc2)C[C@@H]1c1cccs1. The lowest BCUT2D eigenvalue weighted by molar-refractivity contribution is 0.379. The van der Waals surface area contributed by atoms with E-state index in [4.69, 9.17) is 0 Å². The summed E-state index contributed by atoms with van der Waals surface area (Å²) in [5.41, 5.74) is 1.79. The van der Waals surface area contributed by atoms with E-state index in [1.54, 1.807) is 11.3 Å². The first-order chi connectivity index (χ1) is 9.55. The fraction of sp³-hybridized carbons (Fsp3) is 0.214. The number of nitrogens with zero attached hydrogens (tertiary/aromatic N) is 2. The van der Waals surface area contributed by atoms with Crippen LogP contribution in [0.25, 0.3) is 0 Å². The molecule has 0 aliphatic carbocycles. The first kappa shape index (κ1) is 13.3. The maximum absolute atomic E-state index is 11.9. The molecule has 20 heavy (non-hydrogen) atoms. The van der Waals surface area contributed by atoms with Gasteiger partial charge in [-0.1, -0.05) is 36.4 Å². The second kappa shape index (κ2) is 5.03. The first-order valence-electron chi connectivity index (χ1n) is 6.21. The third-order valence-electron chi connectivity index (χ3n) is 3.19. The topological polar surface area (TPSA) is 49.7 Å². The van der Waals surface area contributed by atoms with Crippen molar-refractivity contribution in [3.05, 3.63) is 58.3 Å². The number of hydrazone groups is 1. The van der Waals surface area contributed by atoms with E-state index < -0.39 is 10.0 Å². The molecule has 0 amide bonds. The summed E-state index contributed by atoms with van der Waals surface area (Å²) in [5, 5.41) is 6.29. The van der Waals surface area contributed by atoms with Gasteiger partial charge in [-0.05, 0) is 17.0 Å². The highest BCUT2D eigenvalue weighted by atomic mass is 32.2. The van der Waals surface area contributed by atoms with E-state index in [0.717, 1.165) is 16.2 Å². The molecule has 1 atom stereocenters. The summed E-state index contributed by atoms with van der Waals surface area (Å²) in [5.74, 6) is 0. The summed E-state index contributed by atoms with van der Waals surface area (Å²) in [7, 11) is -3.37. The predicted molar refractivity (Wildman–Crippen MR) is 81.3 cm³/mol. The van der Waals surface area contributed by atoms with Gasteiger partial charge in [-0.2, -0.15) is 9.52 Å². The minimum absolute atomic E-state index is 0.222. The molecule has 2 aromatic rings. The van der Waals surface area contributed by atoms with E-state index in [0.29, 0.717) is 6.42 Å². The van der Waals surface area contributed by atoms with Gasteiger partial charge in [0.15, 0.2) is 0 Å². The molecular formula is C14H14N2O2S2. The minimum atomic E-state index is -3.37. The molecule has 2 heterocycles. The van der Waals surface area contributed by atoms with Crippen molar-refractivity contribution in [2.24, 2.45) is 5.10 Å². The molecule has 0 fully saturated rings. The van der Waals surface area contributed by atoms with E-state index in [9.17, 15) is 8.42 Å². The molecule has 1 aromatic carbocycles. The van der Waals surface area contributed by atoms with E-state index in [1.807, 2.05) is 47.8 Å². The zero-order valence-corrected chi connectivity index (χ0v) is 12.6. The van der Waals surface area contributed by atoms with Gasteiger partial charge in [0.25, 0.3) is 0 Å². The number of hydrogen-bond donors (Lipinski definition) is 0. The van der Waals surface area contributed by atoms with Crippen LogP contribution in [0, 0.1) is 0 Å². The van der Waals surface area contributed by atoms with Crippen LogP contribution in [0.2, 0.25) is 0 Å². The van der Waals surface area contributed by atoms with Crippen molar-refractivity contribution in [1.82, 2.24) is 4.41 Å². The van der Waals surface area contributed by atoms with E-state index in [2.05, 4.69) is 5.10 Å². The first-order valence-corrected chi connectivity index (χ1v) is 8.94. The lowest BCUT2D eigenvalue weighted by atomic mass is 10.0. The van der Waals surface area contributed by atoms with Gasteiger partial charge in [-0.3, -0.25) is 0 Å². The third kappa shape index (κ3) is 2.48. The van der Waals surface area contributed by atoms with Crippen molar-refractivity contribution in [1.29, 1.82) is 0 Å². The Morgan fingerprint density at radius 3 is 2.55 bits per heavy atom. The lowest BCUT2D eigenvalue weighted by Gasteiger charge is -2.19. The quantitative estimate of drug-likeness (QED) is 0.875. The Balaban J connectivity index is 2.00. The molecule has 1 aromatic heterocycles. The van der Waals surface area contributed by atoms with Crippen LogP contribution in [-0.2, 0) is 10.0 Å². The number of rotatable bonds is 3. The van der Waals surface area contributed by atoms with Gasteiger partial charge in [0.05, 0.1) is 12.0 Å². The fourth-order valence-corrected chi connectivity index (χ4v) is 4.07. The van der Waals surface area contributed by atoms with Crippen LogP contribution in [0.4, 0.5) is 0 Å². The molecule has 0 N–H and O–H groups in total. The average Bonchev–Trinajstić information content (AvgIpc) is 3.08. The maximum atomic E-state index is 11.9. The highest BCUT2D eigenvalue weighted by molar-refractivity contribution is 7.88. The predicted octanol–water partition coefficient (Wildman–Crippen LogP) is 2.86. The molecule has 4 nitrogen and oxygen atoms in total. The molecule has 0 saturated carbocycles. The summed E-state index contributed by atoms with van der Waals surface area (Å²) in [6, 6.07) is 13.4. The van der Waals surface area contributed by atoms with Crippen LogP contribution < -0.4 is 0 Å². The minimum Gasteiger partial charge on any atom is -0.205 e. The van der Waals surface area contributed by atoms with Crippen molar-refractivity contribution in [3.8, 4) is 0 Å². The summed E-state index contributed by atoms with van der Waals surface area (Å²) in [6.07, 6.45) is 1.81. The Labute approximate surface area is 122 Å². The second-order valence-electron chi connectivity index (χ2n) is 4.68. The lowest BCUT2D eigenvalue weighted by Crippen LogP contribution is -2.25. The van der Waals surface area contributed by atoms with Crippen molar-refractivity contribution < 1.29 is 8.42 Å². The molecular weight excluding hydrogens is 292 g/mol.